The summed E-state index contributed by atoms with van der Waals surface area (Å²) in [6, 6.07) is 28.0. The maximum atomic E-state index is 9.91. The summed E-state index contributed by atoms with van der Waals surface area (Å²) >= 11 is 0. The molecule has 1 N–H and O–H groups in total. The Morgan fingerprint density at radius 1 is 0.652 bits per heavy atom. The Bertz CT molecular complexity index is 715. The molecule has 3 rings (SSSR count). The second-order valence-corrected chi connectivity index (χ2v) is 6.16. The first-order chi connectivity index (χ1) is 11.0. The highest BCUT2D eigenvalue weighted by molar-refractivity contribution is 5.44. The molecule has 0 radical (unpaired) electrons. The number of benzene rings is 3. The molecule has 0 unspecified atom stereocenters. The van der Waals surface area contributed by atoms with E-state index in [-0.39, 0.29) is 5.41 Å². The summed E-state index contributed by atoms with van der Waals surface area (Å²) in [6.45, 7) is 6.33. The highest BCUT2D eigenvalue weighted by Crippen LogP contribution is 2.36. The first-order valence-corrected chi connectivity index (χ1v) is 7.87. The smallest absolute Gasteiger partial charge is 0.119 e. The zero-order chi connectivity index (χ0) is 16.7. The molecule has 0 saturated heterocycles. The minimum Gasteiger partial charge on any atom is -0.508 e. The molecule has 0 bridgehead atoms. The first-order valence-electron chi connectivity index (χ1n) is 7.87. The van der Waals surface area contributed by atoms with Crippen molar-refractivity contribution >= 4 is 0 Å². The zero-order valence-corrected chi connectivity index (χ0v) is 14.0. The predicted molar refractivity (Wildman–Crippen MR) is 97.9 cm³/mol. The van der Waals surface area contributed by atoms with Crippen LogP contribution in [0.5, 0.6) is 5.75 Å². The number of rotatable bonds is 2. The van der Waals surface area contributed by atoms with E-state index in [2.05, 4.69) is 45.0 Å². The molecule has 0 fully saturated rings. The van der Waals surface area contributed by atoms with E-state index in [0.717, 1.165) is 5.56 Å². The third kappa shape index (κ3) is 4.46. The molecule has 118 valence electrons. The summed E-state index contributed by atoms with van der Waals surface area (Å²) in [4.78, 5) is 0. The van der Waals surface area contributed by atoms with Gasteiger partial charge in [-0.1, -0.05) is 98.3 Å². The predicted octanol–water partition coefficient (Wildman–Crippen LogP) is 5.71. The Morgan fingerprint density at radius 3 is 1.61 bits per heavy atom. The van der Waals surface area contributed by atoms with Crippen LogP contribution in [-0.2, 0) is 5.41 Å². The maximum absolute atomic E-state index is 9.91. The molecule has 1 nitrogen and oxygen atoms in total. The van der Waals surface area contributed by atoms with Gasteiger partial charge in [-0.15, -0.1) is 0 Å². The van der Waals surface area contributed by atoms with Gasteiger partial charge in [0.15, 0.2) is 0 Å². The molecule has 0 aliphatic heterocycles. The molecule has 0 atom stereocenters. The van der Waals surface area contributed by atoms with Gasteiger partial charge in [-0.2, -0.15) is 0 Å². The Kier molecular flexibility index (Phi) is 5.59. The number of phenolic OH excluding ortho intramolecular Hbond substituents is 1. The van der Waals surface area contributed by atoms with Crippen molar-refractivity contribution in [3.05, 3.63) is 102 Å². The zero-order valence-electron chi connectivity index (χ0n) is 14.0. The van der Waals surface area contributed by atoms with E-state index in [9.17, 15) is 5.11 Å². The molecule has 0 spiro atoms. The Morgan fingerprint density at radius 2 is 1.13 bits per heavy atom. The molecule has 0 aliphatic rings. The van der Waals surface area contributed by atoms with Gasteiger partial charge in [-0.05, 0) is 18.6 Å². The second kappa shape index (κ2) is 7.64. The van der Waals surface area contributed by atoms with E-state index in [1.807, 2.05) is 54.6 Å². The SMILES string of the molecule is CC(C)(c1ccccc1)c1ccccc1O.Cc1ccccc1. The van der Waals surface area contributed by atoms with Gasteiger partial charge in [0.05, 0.1) is 0 Å². The number of hydrogen-bond acceptors (Lipinski definition) is 1. The fourth-order valence-electron chi connectivity index (χ4n) is 2.55. The third-order valence-electron chi connectivity index (χ3n) is 4.01. The molecule has 0 amide bonds. The van der Waals surface area contributed by atoms with Crippen LogP contribution in [-0.4, -0.2) is 5.11 Å². The van der Waals surface area contributed by atoms with Gasteiger partial charge in [0.25, 0.3) is 0 Å². The van der Waals surface area contributed by atoms with Gasteiger partial charge in [-0.25, -0.2) is 0 Å². The molecule has 1 heteroatoms. The molecule has 3 aromatic carbocycles. The lowest BCUT2D eigenvalue weighted by Gasteiger charge is -2.26. The summed E-state index contributed by atoms with van der Waals surface area (Å²) in [6.07, 6.45) is 0. The largest absolute Gasteiger partial charge is 0.508 e. The molecular weight excluding hydrogens is 280 g/mol. The van der Waals surface area contributed by atoms with Crippen LogP contribution in [0.3, 0.4) is 0 Å². The summed E-state index contributed by atoms with van der Waals surface area (Å²) in [5.74, 6) is 0.358. The van der Waals surface area contributed by atoms with Crippen molar-refractivity contribution in [3.8, 4) is 5.75 Å². The fraction of sp³-hybridized carbons (Fsp3) is 0.182. The average molecular weight is 304 g/mol. The molecule has 3 aromatic rings. The van der Waals surface area contributed by atoms with Crippen LogP contribution in [0.25, 0.3) is 0 Å². The van der Waals surface area contributed by atoms with Crippen molar-refractivity contribution in [2.75, 3.05) is 0 Å². The number of hydrogen-bond donors (Lipinski definition) is 1. The van der Waals surface area contributed by atoms with Crippen LogP contribution in [0, 0.1) is 6.92 Å². The van der Waals surface area contributed by atoms with Crippen LogP contribution in [0.2, 0.25) is 0 Å². The molecule has 0 heterocycles. The highest BCUT2D eigenvalue weighted by atomic mass is 16.3. The lowest BCUT2D eigenvalue weighted by Crippen LogP contribution is -2.18. The first kappa shape index (κ1) is 16.8. The minimum atomic E-state index is -0.174. The molecular formula is C22H24O. The van der Waals surface area contributed by atoms with Crippen molar-refractivity contribution in [2.45, 2.75) is 26.2 Å². The van der Waals surface area contributed by atoms with Crippen LogP contribution in [0.4, 0.5) is 0 Å². The normalized spacial score (nSPS) is 10.6. The van der Waals surface area contributed by atoms with Crippen LogP contribution < -0.4 is 0 Å². The van der Waals surface area contributed by atoms with E-state index in [1.165, 1.54) is 11.1 Å². The summed E-state index contributed by atoms with van der Waals surface area (Å²) < 4.78 is 0. The van der Waals surface area contributed by atoms with Crippen molar-refractivity contribution in [1.82, 2.24) is 0 Å². The molecule has 23 heavy (non-hydrogen) atoms. The monoisotopic (exact) mass is 304 g/mol. The number of phenols is 1. The van der Waals surface area contributed by atoms with Gasteiger partial charge < -0.3 is 5.11 Å². The van der Waals surface area contributed by atoms with Gasteiger partial charge in [0.1, 0.15) is 5.75 Å². The highest BCUT2D eigenvalue weighted by Gasteiger charge is 2.25. The minimum absolute atomic E-state index is 0.174. The molecule has 0 aliphatic carbocycles. The Balaban J connectivity index is 0.000000229. The number of para-hydroxylation sites is 1. The van der Waals surface area contributed by atoms with E-state index >= 15 is 0 Å². The van der Waals surface area contributed by atoms with E-state index < -0.39 is 0 Å². The molecule has 0 saturated carbocycles. The maximum Gasteiger partial charge on any atom is 0.119 e. The van der Waals surface area contributed by atoms with E-state index in [0.29, 0.717) is 5.75 Å². The average Bonchev–Trinajstić information content (AvgIpc) is 2.57. The van der Waals surface area contributed by atoms with Gasteiger partial charge in [0.2, 0.25) is 0 Å². The Hall–Kier alpha value is -2.54. The van der Waals surface area contributed by atoms with E-state index in [4.69, 9.17) is 0 Å². The van der Waals surface area contributed by atoms with Crippen LogP contribution in [0.15, 0.2) is 84.9 Å². The second-order valence-electron chi connectivity index (χ2n) is 6.16. The fourth-order valence-corrected chi connectivity index (χ4v) is 2.55. The standard InChI is InChI=1S/C15H16O.C7H8/c1-15(2,12-8-4-3-5-9-12)13-10-6-7-11-14(13)16;1-7-5-3-2-4-6-7/h3-11,16H,1-2H3;2-6H,1H3. The topological polar surface area (TPSA) is 20.2 Å². The van der Waals surface area contributed by atoms with Crippen molar-refractivity contribution in [1.29, 1.82) is 0 Å². The molecule has 0 aromatic heterocycles. The Labute approximate surface area is 139 Å². The number of aryl methyl sites for hydroxylation is 1. The third-order valence-corrected chi connectivity index (χ3v) is 4.01. The lowest BCUT2D eigenvalue weighted by atomic mass is 9.78. The van der Waals surface area contributed by atoms with Gasteiger partial charge in [-0.3, -0.25) is 0 Å². The van der Waals surface area contributed by atoms with Gasteiger partial charge in [0, 0.05) is 11.0 Å². The van der Waals surface area contributed by atoms with Gasteiger partial charge >= 0.3 is 0 Å². The van der Waals surface area contributed by atoms with Crippen LogP contribution in [0.1, 0.15) is 30.5 Å². The van der Waals surface area contributed by atoms with Crippen molar-refractivity contribution in [3.63, 3.8) is 0 Å². The van der Waals surface area contributed by atoms with E-state index in [1.54, 1.807) is 6.07 Å². The van der Waals surface area contributed by atoms with Crippen molar-refractivity contribution < 1.29 is 5.11 Å². The summed E-state index contributed by atoms with van der Waals surface area (Å²) in [5, 5.41) is 9.91. The quantitative estimate of drug-likeness (QED) is 0.642. The number of aromatic hydroxyl groups is 1. The summed E-state index contributed by atoms with van der Waals surface area (Å²) in [7, 11) is 0. The van der Waals surface area contributed by atoms with Crippen LogP contribution >= 0.6 is 0 Å². The van der Waals surface area contributed by atoms with Crippen molar-refractivity contribution in [2.24, 2.45) is 0 Å². The lowest BCUT2D eigenvalue weighted by molar-refractivity contribution is 0.453. The summed E-state index contributed by atoms with van der Waals surface area (Å²) in [5.41, 5.74) is 3.31.